The molecule has 126 valence electrons. The van der Waals surface area contributed by atoms with E-state index in [2.05, 4.69) is 31.3 Å². The molecule has 0 aromatic heterocycles. The Balaban J connectivity index is 1.65. The summed E-state index contributed by atoms with van der Waals surface area (Å²) < 4.78 is 0. The summed E-state index contributed by atoms with van der Waals surface area (Å²) >= 11 is 0. The average molecular weight is 316 g/mol. The lowest BCUT2D eigenvalue weighted by Gasteiger charge is -2.15. The van der Waals surface area contributed by atoms with Crippen LogP contribution in [0.5, 0.6) is 0 Å². The number of carbonyl (C=O) groups excluding carboxylic acids is 2. The molecule has 0 aliphatic carbocycles. The normalized spacial score (nSPS) is 14.6. The number of hydrogen-bond donors (Lipinski definition) is 1. The monoisotopic (exact) mass is 316 g/mol. The van der Waals surface area contributed by atoms with Gasteiger partial charge < -0.3 is 10.2 Å². The van der Waals surface area contributed by atoms with Gasteiger partial charge in [0.2, 0.25) is 11.8 Å². The number of nitrogens with zero attached hydrogens (tertiary/aromatic N) is 1. The van der Waals surface area contributed by atoms with Gasteiger partial charge in [-0.05, 0) is 36.3 Å². The summed E-state index contributed by atoms with van der Waals surface area (Å²) in [5, 5.41) is 2.94. The predicted octanol–water partition coefficient (Wildman–Crippen LogP) is 2.56. The topological polar surface area (TPSA) is 49.4 Å². The van der Waals surface area contributed by atoms with E-state index < -0.39 is 0 Å². The van der Waals surface area contributed by atoms with Crippen LogP contribution < -0.4 is 5.32 Å². The smallest absolute Gasteiger partial charge is 0.224 e. The summed E-state index contributed by atoms with van der Waals surface area (Å²) in [6.45, 7) is 6.67. The summed E-state index contributed by atoms with van der Waals surface area (Å²) in [7, 11) is 0. The second-order valence-corrected chi connectivity index (χ2v) is 6.78. The zero-order chi connectivity index (χ0) is 16.7. The Morgan fingerprint density at radius 2 is 1.91 bits per heavy atom. The van der Waals surface area contributed by atoms with Crippen molar-refractivity contribution < 1.29 is 9.59 Å². The van der Waals surface area contributed by atoms with Crippen molar-refractivity contribution in [2.45, 2.75) is 46.0 Å². The lowest BCUT2D eigenvalue weighted by Crippen LogP contribution is -2.31. The Hall–Kier alpha value is -1.84. The number of hydrogen-bond acceptors (Lipinski definition) is 2. The van der Waals surface area contributed by atoms with Crippen LogP contribution >= 0.6 is 0 Å². The number of amides is 2. The minimum atomic E-state index is 0.0503. The van der Waals surface area contributed by atoms with E-state index in [1.165, 1.54) is 5.56 Å². The van der Waals surface area contributed by atoms with Crippen molar-refractivity contribution in [2.75, 3.05) is 19.6 Å². The standard InChI is InChI=1S/C19H28N2O2/c1-15(2)13-16-6-8-17(9-7-16)14-18(22)20-10-4-12-21-11-3-5-19(21)23/h6-9,15H,3-5,10-14H2,1-2H3,(H,20,22). The molecule has 4 heteroatoms. The first-order valence-corrected chi connectivity index (χ1v) is 8.67. The van der Waals surface area contributed by atoms with Crippen LogP contribution in [-0.2, 0) is 22.4 Å². The predicted molar refractivity (Wildman–Crippen MR) is 92.1 cm³/mol. The highest BCUT2D eigenvalue weighted by molar-refractivity contribution is 5.79. The Morgan fingerprint density at radius 3 is 2.52 bits per heavy atom. The van der Waals surface area contributed by atoms with Gasteiger partial charge in [0.05, 0.1) is 6.42 Å². The molecule has 0 saturated carbocycles. The van der Waals surface area contributed by atoms with Gasteiger partial charge in [0, 0.05) is 26.1 Å². The number of likely N-dealkylation sites (tertiary alicyclic amines) is 1. The lowest BCUT2D eigenvalue weighted by atomic mass is 10.0. The van der Waals surface area contributed by atoms with Crippen molar-refractivity contribution >= 4 is 11.8 Å². The van der Waals surface area contributed by atoms with Crippen LogP contribution in [0.1, 0.15) is 44.2 Å². The molecule has 2 amide bonds. The maximum atomic E-state index is 11.9. The third-order valence-electron chi connectivity index (χ3n) is 4.13. The highest BCUT2D eigenvalue weighted by atomic mass is 16.2. The fourth-order valence-corrected chi connectivity index (χ4v) is 2.95. The molecular formula is C19H28N2O2. The first kappa shape index (κ1) is 17.5. The molecule has 4 nitrogen and oxygen atoms in total. The summed E-state index contributed by atoms with van der Waals surface area (Å²) in [5.41, 5.74) is 2.36. The quantitative estimate of drug-likeness (QED) is 0.749. The minimum absolute atomic E-state index is 0.0503. The van der Waals surface area contributed by atoms with Crippen LogP contribution in [0.4, 0.5) is 0 Å². The van der Waals surface area contributed by atoms with Crippen molar-refractivity contribution in [2.24, 2.45) is 5.92 Å². The Bertz CT molecular complexity index is 523. The van der Waals surface area contributed by atoms with Gasteiger partial charge in [-0.15, -0.1) is 0 Å². The van der Waals surface area contributed by atoms with E-state index in [0.717, 1.165) is 37.9 Å². The van der Waals surface area contributed by atoms with Gasteiger partial charge in [-0.2, -0.15) is 0 Å². The zero-order valence-corrected chi connectivity index (χ0v) is 14.3. The van der Waals surface area contributed by atoms with Crippen molar-refractivity contribution in [1.82, 2.24) is 10.2 Å². The summed E-state index contributed by atoms with van der Waals surface area (Å²) in [4.78, 5) is 25.3. The van der Waals surface area contributed by atoms with Gasteiger partial charge >= 0.3 is 0 Å². The molecule has 1 aromatic rings. The Kier molecular flexibility index (Phi) is 6.63. The zero-order valence-electron chi connectivity index (χ0n) is 14.3. The molecule has 0 unspecified atom stereocenters. The van der Waals surface area contributed by atoms with E-state index in [-0.39, 0.29) is 11.8 Å². The largest absolute Gasteiger partial charge is 0.356 e. The van der Waals surface area contributed by atoms with Gasteiger partial charge in [-0.25, -0.2) is 0 Å². The lowest BCUT2D eigenvalue weighted by molar-refractivity contribution is -0.127. The van der Waals surface area contributed by atoms with Crippen LogP contribution in [0.25, 0.3) is 0 Å². The van der Waals surface area contributed by atoms with E-state index in [1.54, 1.807) is 0 Å². The summed E-state index contributed by atoms with van der Waals surface area (Å²) in [6.07, 6.45) is 3.97. The van der Waals surface area contributed by atoms with E-state index >= 15 is 0 Å². The van der Waals surface area contributed by atoms with E-state index in [9.17, 15) is 9.59 Å². The molecular weight excluding hydrogens is 288 g/mol. The van der Waals surface area contributed by atoms with Gasteiger partial charge in [-0.1, -0.05) is 38.1 Å². The summed E-state index contributed by atoms with van der Waals surface area (Å²) in [6, 6.07) is 8.31. The molecule has 0 radical (unpaired) electrons. The minimum Gasteiger partial charge on any atom is -0.356 e. The summed E-state index contributed by atoms with van der Waals surface area (Å²) in [5.74, 6) is 0.943. The van der Waals surface area contributed by atoms with Crippen LogP contribution in [-0.4, -0.2) is 36.3 Å². The van der Waals surface area contributed by atoms with E-state index in [4.69, 9.17) is 0 Å². The highest BCUT2D eigenvalue weighted by Crippen LogP contribution is 2.11. The second kappa shape index (κ2) is 8.70. The SMILES string of the molecule is CC(C)Cc1ccc(CC(=O)NCCCN2CCCC2=O)cc1. The fraction of sp³-hybridized carbons (Fsp3) is 0.579. The van der Waals surface area contributed by atoms with Gasteiger partial charge in [0.15, 0.2) is 0 Å². The molecule has 1 N–H and O–H groups in total. The first-order valence-electron chi connectivity index (χ1n) is 8.67. The first-order chi connectivity index (χ1) is 11.0. The van der Waals surface area contributed by atoms with Crippen LogP contribution in [0.15, 0.2) is 24.3 Å². The van der Waals surface area contributed by atoms with E-state index in [0.29, 0.717) is 25.3 Å². The Morgan fingerprint density at radius 1 is 1.22 bits per heavy atom. The van der Waals surface area contributed by atoms with Gasteiger partial charge in [-0.3, -0.25) is 9.59 Å². The average Bonchev–Trinajstić information content (AvgIpc) is 2.90. The molecule has 1 aromatic carbocycles. The number of carbonyl (C=O) groups is 2. The van der Waals surface area contributed by atoms with Crippen molar-refractivity contribution in [3.05, 3.63) is 35.4 Å². The molecule has 2 rings (SSSR count). The van der Waals surface area contributed by atoms with Crippen LogP contribution in [0.3, 0.4) is 0 Å². The number of benzene rings is 1. The molecule has 1 aliphatic rings. The molecule has 0 bridgehead atoms. The molecule has 1 fully saturated rings. The number of rotatable bonds is 8. The van der Waals surface area contributed by atoms with Crippen LogP contribution in [0.2, 0.25) is 0 Å². The van der Waals surface area contributed by atoms with Crippen molar-refractivity contribution in [3.63, 3.8) is 0 Å². The molecule has 23 heavy (non-hydrogen) atoms. The fourth-order valence-electron chi connectivity index (χ4n) is 2.95. The van der Waals surface area contributed by atoms with E-state index in [1.807, 2.05) is 17.0 Å². The third kappa shape index (κ3) is 6.05. The molecule has 0 atom stereocenters. The van der Waals surface area contributed by atoms with Gasteiger partial charge in [0.1, 0.15) is 0 Å². The maximum Gasteiger partial charge on any atom is 0.224 e. The van der Waals surface area contributed by atoms with Crippen LogP contribution in [0, 0.1) is 5.92 Å². The molecule has 1 aliphatic heterocycles. The molecule has 1 heterocycles. The number of nitrogens with one attached hydrogen (secondary N) is 1. The molecule has 1 saturated heterocycles. The van der Waals surface area contributed by atoms with Gasteiger partial charge in [0.25, 0.3) is 0 Å². The second-order valence-electron chi connectivity index (χ2n) is 6.78. The highest BCUT2D eigenvalue weighted by Gasteiger charge is 2.18. The van der Waals surface area contributed by atoms with Crippen molar-refractivity contribution in [1.29, 1.82) is 0 Å². The maximum absolute atomic E-state index is 11.9. The third-order valence-corrected chi connectivity index (χ3v) is 4.13. The van der Waals surface area contributed by atoms with Crippen molar-refractivity contribution in [3.8, 4) is 0 Å². The Labute approximate surface area is 139 Å². The molecule has 0 spiro atoms.